The minimum atomic E-state index is -0.472. The summed E-state index contributed by atoms with van der Waals surface area (Å²) in [5.41, 5.74) is 1.28. The van der Waals surface area contributed by atoms with Crippen LogP contribution in [0.5, 0.6) is 11.5 Å². The van der Waals surface area contributed by atoms with Crippen LogP contribution in [-0.2, 0) is 4.74 Å². The molecule has 1 amide bonds. The highest BCUT2D eigenvalue weighted by Gasteiger charge is 2.53. The average molecular weight is 415 g/mol. The van der Waals surface area contributed by atoms with Gasteiger partial charge in [-0.2, -0.15) is 10.4 Å². The van der Waals surface area contributed by atoms with E-state index >= 15 is 0 Å². The first-order chi connectivity index (χ1) is 15.2. The lowest BCUT2D eigenvalue weighted by atomic mass is 9.89. The van der Waals surface area contributed by atoms with Gasteiger partial charge in [-0.1, -0.05) is 30.3 Å². The number of rotatable bonds is 5. The van der Waals surface area contributed by atoms with Gasteiger partial charge in [0.15, 0.2) is 11.9 Å². The van der Waals surface area contributed by atoms with E-state index in [1.54, 1.807) is 11.0 Å². The number of benzene rings is 2. The molecule has 0 radical (unpaired) electrons. The van der Waals surface area contributed by atoms with Crippen molar-refractivity contribution in [2.75, 3.05) is 19.7 Å². The number of nitrogens with zero attached hydrogens (tertiary/aromatic N) is 3. The summed E-state index contributed by atoms with van der Waals surface area (Å²) >= 11 is 0. The van der Waals surface area contributed by atoms with Crippen LogP contribution in [0, 0.1) is 11.5 Å². The largest absolute Gasteiger partial charge is 0.457 e. The molecule has 1 spiro atoms. The summed E-state index contributed by atoms with van der Waals surface area (Å²) in [6.07, 6.45) is 2.97. The lowest BCUT2D eigenvalue weighted by Crippen LogP contribution is -2.59. The van der Waals surface area contributed by atoms with Crippen LogP contribution in [0.2, 0.25) is 0 Å². The zero-order valence-corrected chi connectivity index (χ0v) is 16.7. The predicted octanol–water partition coefficient (Wildman–Crippen LogP) is 2.92. The van der Waals surface area contributed by atoms with Crippen molar-refractivity contribution in [2.45, 2.75) is 18.1 Å². The highest BCUT2D eigenvalue weighted by molar-refractivity contribution is 5.94. The molecule has 0 saturated carbocycles. The van der Waals surface area contributed by atoms with Crippen LogP contribution in [-0.4, -0.2) is 52.3 Å². The molecule has 0 unspecified atom stereocenters. The van der Waals surface area contributed by atoms with E-state index in [2.05, 4.69) is 21.7 Å². The molecule has 2 aliphatic rings. The monoisotopic (exact) mass is 415 g/mol. The standard InChI is InChI=1S/C23H21N5O3/c24-15-28-13-21(23(14-28)10-11-30-23)25-22(29)19-12-18(26-27-19)17-8-4-5-9-20(17)31-16-6-2-1-3-7-16/h1-9,12,21H,10-11,13-14H2,(H,25,29)(H,26,27)/t21-,23-/m0/s1. The van der Waals surface area contributed by atoms with Crippen LogP contribution in [0.25, 0.3) is 11.3 Å². The second-order valence-electron chi connectivity index (χ2n) is 7.75. The first-order valence-corrected chi connectivity index (χ1v) is 10.1. The van der Waals surface area contributed by atoms with Crippen molar-refractivity contribution in [3.63, 3.8) is 0 Å². The lowest BCUT2D eigenvalue weighted by Gasteiger charge is -2.42. The molecule has 3 heterocycles. The molecular formula is C23H21N5O3. The second-order valence-corrected chi connectivity index (χ2v) is 7.75. The Morgan fingerprint density at radius 1 is 1.26 bits per heavy atom. The van der Waals surface area contributed by atoms with E-state index in [4.69, 9.17) is 9.47 Å². The smallest absolute Gasteiger partial charge is 0.272 e. The van der Waals surface area contributed by atoms with E-state index in [9.17, 15) is 10.1 Å². The van der Waals surface area contributed by atoms with Gasteiger partial charge in [-0.05, 0) is 30.3 Å². The molecule has 1 aromatic heterocycles. The van der Waals surface area contributed by atoms with Gasteiger partial charge in [0.05, 0.1) is 31.4 Å². The summed E-state index contributed by atoms with van der Waals surface area (Å²) in [5, 5.41) is 19.4. The number of H-pyrrole nitrogens is 1. The fraction of sp³-hybridized carbons (Fsp3) is 0.261. The van der Waals surface area contributed by atoms with E-state index < -0.39 is 5.60 Å². The van der Waals surface area contributed by atoms with Gasteiger partial charge < -0.3 is 19.7 Å². The number of aromatic amines is 1. The zero-order chi connectivity index (χ0) is 21.3. The zero-order valence-electron chi connectivity index (χ0n) is 16.7. The number of amides is 1. The van der Waals surface area contributed by atoms with Gasteiger partial charge in [-0.15, -0.1) is 0 Å². The summed E-state index contributed by atoms with van der Waals surface area (Å²) in [7, 11) is 0. The number of ether oxygens (including phenoxy) is 2. The molecular weight excluding hydrogens is 394 g/mol. The molecule has 3 aromatic rings. The summed E-state index contributed by atoms with van der Waals surface area (Å²) in [4.78, 5) is 14.5. The maximum Gasteiger partial charge on any atom is 0.272 e. The number of carbonyl (C=O) groups is 1. The van der Waals surface area contributed by atoms with E-state index in [1.165, 1.54) is 0 Å². The Labute approximate surface area is 179 Å². The van der Waals surface area contributed by atoms with Gasteiger partial charge in [0, 0.05) is 12.0 Å². The normalized spacial score (nSPS) is 22.0. The maximum absolute atomic E-state index is 12.9. The van der Waals surface area contributed by atoms with Crippen molar-refractivity contribution in [2.24, 2.45) is 0 Å². The van der Waals surface area contributed by atoms with Gasteiger partial charge in [-0.3, -0.25) is 9.89 Å². The molecule has 5 rings (SSSR count). The fourth-order valence-electron chi connectivity index (χ4n) is 4.10. The lowest BCUT2D eigenvalue weighted by molar-refractivity contribution is -0.147. The molecule has 2 atom stereocenters. The van der Waals surface area contributed by atoms with Crippen LogP contribution < -0.4 is 10.1 Å². The third-order valence-corrected chi connectivity index (χ3v) is 5.82. The van der Waals surface area contributed by atoms with Crippen LogP contribution in [0.3, 0.4) is 0 Å². The van der Waals surface area contributed by atoms with E-state index in [0.717, 1.165) is 17.7 Å². The number of para-hydroxylation sites is 2. The summed E-state index contributed by atoms with van der Waals surface area (Å²) in [6.45, 7) is 1.59. The molecule has 2 N–H and O–H groups in total. The minimum Gasteiger partial charge on any atom is -0.457 e. The Balaban J connectivity index is 1.34. The maximum atomic E-state index is 12.9. The predicted molar refractivity (Wildman–Crippen MR) is 112 cm³/mol. The van der Waals surface area contributed by atoms with Gasteiger partial charge in [0.2, 0.25) is 0 Å². The third-order valence-electron chi connectivity index (χ3n) is 5.82. The molecule has 8 nitrogen and oxygen atoms in total. The number of hydrogen-bond acceptors (Lipinski definition) is 6. The first kappa shape index (κ1) is 19.2. The van der Waals surface area contributed by atoms with Crippen molar-refractivity contribution < 1.29 is 14.3 Å². The molecule has 0 aliphatic carbocycles. The van der Waals surface area contributed by atoms with E-state index in [-0.39, 0.29) is 17.6 Å². The Morgan fingerprint density at radius 2 is 2.03 bits per heavy atom. The number of carbonyl (C=O) groups excluding carboxylic acids is 1. The Bertz CT molecular complexity index is 1130. The molecule has 0 bridgehead atoms. The van der Waals surface area contributed by atoms with Crippen molar-refractivity contribution >= 4 is 5.91 Å². The molecule has 2 aliphatic heterocycles. The SMILES string of the molecule is N#CN1C[C@H](NC(=O)c2cc(-c3ccccc3Oc3ccccc3)[nH]n2)[C@]2(CCO2)C1. The van der Waals surface area contributed by atoms with Crippen molar-refractivity contribution in [3.8, 4) is 28.9 Å². The van der Waals surface area contributed by atoms with E-state index in [0.29, 0.717) is 31.1 Å². The quantitative estimate of drug-likeness (QED) is 0.621. The van der Waals surface area contributed by atoms with Crippen LogP contribution in [0.1, 0.15) is 16.9 Å². The Hall–Kier alpha value is -3.83. The molecule has 31 heavy (non-hydrogen) atoms. The van der Waals surface area contributed by atoms with Gasteiger partial charge >= 0.3 is 0 Å². The van der Waals surface area contributed by atoms with Crippen LogP contribution >= 0.6 is 0 Å². The number of likely N-dealkylation sites (tertiary alicyclic amines) is 1. The molecule has 2 saturated heterocycles. The highest BCUT2D eigenvalue weighted by atomic mass is 16.5. The highest BCUT2D eigenvalue weighted by Crippen LogP contribution is 2.36. The third kappa shape index (κ3) is 3.60. The van der Waals surface area contributed by atoms with Gasteiger partial charge in [0.1, 0.15) is 17.1 Å². The second kappa shape index (κ2) is 7.78. The van der Waals surface area contributed by atoms with E-state index in [1.807, 2.05) is 54.6 Å². The Kier molecular flexibility index (Phi) is 4.81. The fourth-order valence-corrected chi connectivity index (χ4v) is 4.10. The number of nitrogens with one attached hydrogen (secondary N) is 2. The first-order valence-electron chi connectivity index (χ1n) is 10.1. The molecule has 2 aromatic carbocycles. The molecule has 2 fully saturated rings. The number of hydrogen-bond donors (Lipinski definition) is 2. The average Bonchev–Trinajstić information content (AvgIpc) is 3.40. The summed E-state index contributed by atoms with van der Waals surface area (Å²) in [5.74, 6) is 1.08. The van der Waals surface area contributed by atoms with Crippen molar-refractivity contribution in [1.29, 1.82) is 5.26 Å². The van der Waals surface area contributed by atoms with Crippen molar-refractivity contribution in [1.82, 2.24) is 20.4 Å². The van der Waals surface area contributed by atoms with Gasteiger partial charge in [0.25, 0.3) is 5.91 Å². The minimum absolute atomic E-state index is 0.248. The molecule has 156 valence electrons. The van der Waals surface area contributed by atoms with Gasteiger partial charge in [-0.25, -0.2) is 0 Å². The van der Waals surface area contributed by atoms with Crippen LogP contribution in [0.4, 0.5) is 0 Å². The Morgan fingerprint density at radius 3 is 2.77 bits per heavy atom. The molecule has 8 heteroatoms. The van der Waals surface area contributed by atoms with Crippen molar-refractivity contribution in [3.05, 3.63) is 66.4 Å². The summed E-state index contributed by atoms with van der Waals surface area (Å²) < 4.78 is 11.8. The number of aromatic nitrogens is 2. The number of nitriles is 1. The summed E-state index contributed by atoms with van der Waals surface area (Å²) in [6, 6.07) is 18.5. The van der Waals surface area contributed by atoms with Crippen LogP contribution in [0.15, 0.2) is 60.7 Å². The topological polar surface area (TPSA) is 103 Å².